The van der Waals surface area contributed by atoms with Gasteiger partial charge in [-0.1, -0.05) is 35.0 Å². The number of nitriles is 1. The third-order valence-electron chi connectivity index (χ3n) is 2.66. The highest BCUT2D eigenvalue weighted by molar-refractivity contribution is 9.10. The van der Waals surface area contributed by atoms with Gasteiger partial charge in [0.15, 0.2) is 0 Å². The van der Waals surface area contributed by atoms with Crippen molar-refractivity contribution in [3.8, 4) is 6.07 Å². The maximum Gasteiger partial charge on any atom is 0.0638 e. The molecule has 0 fully saturated rings. The Labute approximate surface area is 106 Å². The van der Waals surface area contributed by atoms with Crippen molar-refractivity contribution >= 4 is 15.9 Å². The van der Waals surface area contributed by atoms with E-state index in [1.54, 1.807) is 0 Å². The van der Waals surface area contributed by atoms with Gasteiger partial charge in [-0.05, 0) is 31.0 Å². The zero-order valence-corrected chi connectivity index (χ0v) is 11.3. The van der Waals surface area contributed by atoms with Crippen molar-refractivity contribution in [3.05, 3.63) is 34.3 Å². The van der Waals surface area contributed by atoms with Crippen molar-refractivity contribution in [1.29, 1.82) is 5.26 Å². The Morgan fingerprint density at radius 2 is 2.25 bits per heavy atom. The van der Waals surface area contributed by atoms with Crippen LogP contribution in [-0.2, 0) is 0 Å². The van der Waals surface area contributed by atoms with Gasteiger partial charge in [-0.15, -0.1) is 0 Å². The fraction of sp³-hybridized carbons (Fsp3) is 0.462. The minimum absolute atomic E-state index is 0.274. The number of hydrogen-bond donors (Lipinski definition) is 1. The first-order valence-electron chi connectivity index (χ1n) is 5.55. The van der Waals surface area contributed by atoms with Crippen LogP contribution >= 0.6 is 15.9 Å². The molecule has 0 radical (unpaired) electrons. The van der Waals surface area contributed by atoms with Gasteiger partial charge in [-0.2, -0.15) is 5.26 Å². The minimum Gasteiger partial charge on any atom is -0.306 e. The van der Waals surface area contributed by atoms with E-state index in [1.807, 2.05) is 12.1 Å². The number of nitrogens with one attached hydrogen (secondary N) is 1. The molecular formula is C13H17BrN2. The molecule has 0 saturated carbocycles. The molecule has 0 aromatic heterocycles. The van der Waals surface area contributed by atoms with Gasteiger partial charge < -0.3 is 5.32 Å². The molecule has 16 heavy (non-hydrogen) atoms. The molecule has 2 nitrogen and oxygen atoms in total. The molecule has 0 heterocycles. The highest BCUT2D eigenvalue weighted by Gasteiger charge is 2.11. The number of halogens is 1. The van der Waals surface area contributed by atoms with E-state index in [0.717, 1.165) is 10.9 Å². The summed E-state index contributed by atoms with van der Waals surface area (Å²) in [4.78, 5) is 0. The first kappa shape index (κ1) is 13.2. The number of rotatable bonds is 5. The lowest BCUT2D eigenvalue weighted by molar-refractivity contribution is 0.448. The molecule has 0 spiro atoms. The maximum atomic E-state index is 8.70. The third-order valence-corrected chi connectivity index (χ3v) is 3.16. The number of benzene rings is 1. The Morgan fingerprint density at radius 1 is 1.50 bits per heavy atom. The van der Waals surface area contributed by atoms with Gasteiger partial charge in [-0.3, -0.25) is 0 Å². The lowest BCUT2D eigenvalue weighted by atomic mass is 10.1. The van der Waals surface area contributed by atoms with E-state index < -0.39 is 0 Å². The molecule has 2 atom stereocenters. The molecule has 0 aliphatic heterocycles. The van der Waals surface area contributed by atoms with E-state index in [9.17, 15) is 0 Å². The molecule has 1 aromatic rings. The summed E-state index contributed by atoms with van der Waals surface area (Å²) in [5.74, 6) is 0. The molecule has 0 aliphatic carbocycles. The molecule has 86 valence electrons. The average molecular weight is 281 g/mol. The monoisotopic (exact) mass is 280 g/mol. The topological polar surface area (TPSA) is 35.8 Å². The van der Waals surface area contributed by atoms with Crippen LogP contribution in [-0.4, -0.2) is 6.04 Å². The second-order valence-electron chi connectivity index (χ2n) is 3.91. The van der Waals surface area contributed by atoms with E-state index >= 15 is 0 Å². The van der Waals surface area contributed by atoms with Crippen LogP contribution in [0.5, 0.6) is 0 Å². The fourth-order valence-electron chi connectivity index (χ4n) is 1.66. The Morgan fingerprint density at radius 3 is 2.81 bits per heavy atom. The largest absolute Gasteiger partial charge is 0.306 e. The summed E-state index contributed by atoms with van der Waals surface area (Å²) in [6.07, 6.45) is 1.54. The summed E-state index contributed by atoms with van der Waals surface area (Å²) in [5.41, 5.74) is 1.24. The van der Waals surface area contributed by atoms with Crippen LogP contribution in [0.1, 0.15) is 38.3 Å². The maximum absolute atomic E-state index is 8.70. The van der Waals surface area contributed by atoms with Gasteiger partial charge in [0.05, 0.1) is 12.5 Å². The molecule has 0 bridgehead atoms. The minimum atomic E-state index is 0.274. The van der Waals surface area contributed by atoms with Crippen LogP contribution in [0.3, 0.4) is 0 Å². The molecule has 0 saturated heterocycles. The van der Waals surface area contributed by atoms with Gasteiger partial charge in [-0.25, -0.2) is 0 Å². The van der Waals surface area contributed by atoms with Crippen molar-refractivity contribution in [2.75, 3.05) is 0 Å². The summed E-state index contributed by atoms with van der Waals surface area (Å²) in [6.45, 7) is 4.23. The molecule has 3 heteroatoms. The SMILES string of the molecule is CCC(CC#N)NC(C)c1cccc(Br)c1. The van der Waals surface area contributed by atoms with Crippen LogP contribution in [0, 0.1) is 11.3 Å². The zero-order valence-electron chi connectivity index (χ0n) is 9.70. The van der Waals surface area contributed by atoms with E-state index in [0.29, 0.717) is 6.42 Å². The zero-order chi connectivity index (χ0) is 12.0. The second-order valence-corrected chi connectivity index (χ2v) is 4.83. The first-order valence-corrected chi connectivity index (χ1v) is 6.35. The van der Waals surface area contributed by atoms with Gasteiger partial charge in [0.2, 0.25) is 0 Å². The Bertz CT molecular complexity index is 370. The van der Waals surface area contributed by atoms with E-state index in [2.05, 4.69) is 53.3 Å². The number of hydrogen-bond acceptors (Lipinski definition) is 2. The molecule has 0 amide bonds. The Kier molecular flexibility index (Phi) is 5.51. The lowest BCUT2D eigenvalue weighted by Gasteiger charge is -2.20. The fourth-order valence-corrected chi connectivity index (χ4v) is 2.07. The van der Waals surface area contributed by atoms with Crippen molar-refractivity contribution in [1.82, 2.24) is 5.32 Å². The van der Waals surface area contributed by atoms with Gasteiger partial charge >= 0.3 is 0 Å². The van der Waals surface area contributed by atoms with Gasteiger partial charge in [0.25, 0.3) is 0 Å². The van der Waals surface area contributed by atoms with Crippen molar-refractivity contribution in [3.63, 3.8) is 0 Å². The van der Waals surface area contributed by atoms with Crippen LogP contribution < -0.4 is 5.32 Å². The molecular weight excluding hydrogens is 264 g/mol. The van der Waals surface area contributed by atoms with Gasteiger partial charge in [0.1, 0.15) is 0 Å². The van der Waals surface area contributed by atoms with Crippen LogP contribution in [0.4, 0.5) is 0 Å². The van der Waals surface area contributed by atoms with Crippen molar-refractivity contribution in [2.24, 2.45) is 0 Å². The van der Waals surface area contributed by atoms with Crippen molar-refractivity contribution < 1.29 is 0 Å². The highest BCUT2D eigenvalue weighted by Crippen LogP contribution is 2.18. The second kappa shape index (κ2) is 6.67. The quantitative estimate of drug-likeness (QED) is 0.891. The molecule has 1 aromatic carbocycles. The summed E-state index contributed by atoms with van der Waals surface area (Å²) >= 11 is 3.46. The Balaban J connectivity index is 2.64. The van der Waals surface area contributed by atoms with Gasteiger partial charge in [0, 0.05) is 16.6 Å². The molecule has 0 aliphatic rings. The van der Waals surface area contributed by atoms with E-state index in [4.69, 9.17) is 5.26 Å². The van der Waals surface area contributed by atoms with Crippen LogP contribution in [0.25, 0.3) is 0 Å². The highest BCUT2D eigenvalue weighted by atomic mass is 79.9. The molecule has 1 N–H and O–H groups in total. The van der Waals surface area contributed by atoms with Crippen molar-refractivity contribution in [2.45, 2.75) is 38.8 Å². The summed E-state index contributed by atoms with van der Waals surface area (Å²) < 4.78 is 1.09. The van der Waals surface area contributed by atoms with Crippen LogP contribution in [0.2, 0.25) is 0 Å². The number of nitrogens with zero attached hydrogens (tertiary/aromatic N) is 1. The third kappa shape index (κ3) is 3.96. The predicted octanol–water partition coefficient (Wildman–Crippen LogP) is 3.79. The Hall–Kier alpha value is -0.850. The van der Waals surface area contributed by atoms with Crippen LogP contribution in [0.15, 0.2) is 28.7 Å². The summed E-state index contributed by atoms with van der Waals surface area (Å²) in [7, 11) is 0. The smallest absolute Gasteiger partial charge is 0.0638 e. The van der Waals surface area contributed by atoms with E-state index in [1.165, 1.54) is 5.56 Å². The lowest BCUT2D eigenvalue weighted by Crippen LogP contribution is -2.30. The predicted molar refractivity (Wildman–Crippen MR) is 70.0 cm³/mol. The first-order chi connectivity index (χ1) is 7.67. The normalized spacial score (nSPS) is 14.1. The molecule has 1 rings (SSSR count). The molecule has 2 unspecified atom stereocenters. The summed E-state index contributed by atoms with van der Waals surface area (Å²) in [6, 6.07) is 11.0. The summed E-state index contributed by atoms with van der Waals surface area (Å²) in [5, 5.41) is 12.2. The average Bonchev–Trinajstić information content (AvgIpc) is 2.28. The standard InChI is InChI=1S/C13H17BrN2/c1-3-13(7-8-15)16-10(2)11-5-4-6-12(14)9-11/h4-6,9-10,13,16H,3,7H2,1-2H3. The van der Waals surface area contributed by atoms with E-state index in [-0.39, 0.29) is 12.1 Å².